The van der Waals surface area contributed by atoms with E-state index in [4.69, 9.17) is 18.9 Å². The van der Waals surface area contributed by atoms with Crippen LogP contribution in [0.2, 0.25) is 0 Å². The molecule has 394 valence electrons. The average molecular weight is 995 g/mol. The lowest BCUT2D eigenvalue weighted by Gasteiger charge is -2.43. The number of hydrogen-bond acceptors (Lipinski definition) is 14. The normalized spacial score (nSPS) is 38.7. The van der Waals surface area contributed by atoms with Gasteiger partial charge in [-0.3, -0.25) is 19.2 Å². The van der Waals surface area contributed by atoms with E-state index >= 15 is 0 Å². The van der Waals surface area contributed by atoms with Gasteiger partial charge >= 0.3 is 17.3 Å². The summed E-state index contributed by atoms with van der Waals surface area (Å²) >= 11 is 0. The molecule has 0 radical (unpaired) electrons. The van der Waals surface area contributed by atoms with Crippen molar-refractivity contribution in [3.05, 3.63) is 68.1 Å². The van der Waals surface area contributed by atoms with Gasteiger partial charge in [0, 0.05) is 58.4 Å². The first kappa shape index (κ1) is 55.7. The summed E-state index contributed by atoms with van der Waals surface area (Å²) in [6.45, 7) is 12.1. The Morgan fingerprint density at radius 1 is 0.831 bits per heavy atom. The number of aliphatic hydroxyl groups is 3. The van der Waals surface area contributed by atoms with Crippen LogP contribution in [0.1, 0.15) is 138 Å². The molecule has 1 saturated carbocycles. The number of aliphatic hydroxyl groups excluding tert-OH is 2. The van der Waals surface area contributed by atoms with Crippen LogP contribution in [0.3, 0.4) is 0 Å². The van der Waals surface area contributed by atoms with Gasteiger partial charge in [-0.15, -0.1) is 0 Å². The third-order valence-electron chi connectivity index (χ3n) is 16.0. The number of rotatable bonds is 5. The number of methoxy groups -OCH3 is 2. The van der Waals surface area contributed by atoms with E-state index in [0.29, 0.717) is 61.7 Å². The first-order valence-corrected chi connectivity index (χ1v) is 25.6. The van der Waals surface area contributed by atoms with Gasteiger partial charge < -0.3 is 39.2 Å². The molecule has 1 aromatic rings. The number of ether oxygens (including phenoxy) is 4. The molecule has 0 aromatic carbocycles. The van der Waals surface area contributed by atoms with E-state index in [9.17, 15) is 48.9 Å². The molecular weight excluding hydrogens is 917 g/mol. The lowest BCUT2D eigenvalue weighted by molar-refractivity contribution is -0.264. The van der Waals surface area contributed by atoms with Gasteiger partial charge in [-0.1, -0.05) is 63.6 Å². The summed E-state index contributed by atoms with van der Waals surface area (Å²) < 4.78 is 27.4. The Balaban J connectivity index is 1.40. The fraction of sp³-hybridized carbons (Fsp3) is 0.717. The van der Waals surface area contributed by atoms with Crippen molar-refractivity contribution < 1.29 is 58.2 Å². The monoisotopic (exact) mass is 995 g/mol. The summed E-state index contributed by atoms with van der Waals surface area (Å²) in [5, 5.41) is 34.4. The van der Waals surface area contributed by atoms with Crippen molar-refractivity contribution in [1.29, 1.82) is 0 Å². The molecule has 5 aliphatic rings. The molecule has 3 fully saturated rings. The second-order valence-electron chi connectivity index (χ2n) is 21.3. The van der Waals surface area contributed by atoms with E-state index in [1.807, 2.05) is 19.9 Å². The molecule has 2 saturated heterocycles. The summed E-state index contributed by atoms with van der Waals surface area (Å²) in [7, 11) is 4.26. The largest absolute Gasteiger partial charge is 0.460 e. The van der Waals surface area contributed by atoms with Crippen LogP contribution in [0, 0.1) is 29.6 Å². The number of piperidine rings is 1. The Bertz CT molecular complexity index is 2390. The van der Waals surface area contributed by atoms with E-state index in [1.54, 1.807) is 66.0 Å². The van der Waals surface area contributed by atoms with Gasteiger partial charge in [0.15, 0.2) is 5.78 Å². The van der Waals surface area contributed by atoms with Gasteiger partial charge in [0.1, 0.15) is 30.1 Å². The minimum absolute atomic E-state index is 0.0243. The Morgan fingerprint density at radius 3 is 2.23 bits per heavy atom. The zero-order chi connectivity index (χ0) is 52.2. The average Bonchev–Trinajstić information content (AvgIpc) is 3.55. The summed E-state index contributed by atoms with van der Waals surface area (Å²) in [6.07, 6.45) is 7.34. The minimum Gasteiger partial charge on any atom is -0.460 e. The molecule has 18 heteroatoms. The number of cyclic esters (lactones) is 1. The molecule has 71 heavy (non-hydrogen) atoms. The third kappa shape index (κ3) is 12.1. The summed E-state index contributed by atoms with van der Waals surface area (Å²) in [6, 6.07) is -2.80. The molecule has 3 N–H and O–H groups in total. The third-order valence-corrected chi connectivity index (χ3v) is 16.0. The number of aromatic nitrogens is 3. The van der Waals surface area contributed by atoms with E-state index in [1.165, 1.54) is 23.5 Å². The fourth-order valence-electron chi connectivity index (χ4n) is 11.5. The maximum absolute atomic E-state index is 14.5. The van der Waals surface area contributed by atoms with Crippen LogP contribution in [-0.4, -0.2) is 133 Å². The number of nitrogens with zero attached hydrogens (tertiary/aromatic N) is 4. The van der Waals surface area contributed by atoms with Crippen molar-refractivity contribution in [2.45, 2.75) is 186 Å². The van der Waals surface area contributed by atoms with Crippen molar-refractivity contribution >= 4 is 29.2 Å². The highest BCUT2D eigenvalue weighted by Gasteiger charge is 2.53. The van der Waals surface area contributed by atoms with Crippen molar-refractivity contribution in [2.24, 2.45) is 36.6 Å². The standard InChI is InChI=1S/C53H78N4O14/c1-29-22-33(5)45(60)47(69-10)46(61)34(6)24-31(3)42(59)28-43(32(4)25-36-18-20-41(58)44(26-36)68-9)70-50(64)39-16-11-12-21-55(39)49(63)48(62)53(67)35(7)17-19-38(71-53)27-40-30(2)14-13-15-37(23-29)56-51(65)54(8)52(66)57(40)56/h13-15,23-24,31-33,35-41,43-44,46-47,58,61,67H,11-12,16-22,25-28H2,1-10H3/b15-13-,29-23+,30-14-,34-24+/t31-,32-,33-,35-,36+,37?,38+,39+,40?,41-,43+,44-,46-,47+,53-/m1/s1. The summed E-state index contributed by atoms with van der Waals surface area (Å²) in [4.78, 5) is 101. The van der Waals surface area contributed by atoms with E-state index < -0.39 is 101 Å². The van der Waals surface area contributed by atoms with Gasteiger partial charge in [0.2, 0.25) is 5.79 Å². The van der Waals surface area contributed by atoms with Crippen LogP contribution < -0.4 is 11.4 Å². The Morgan fingerprint density at radius 2 is 1.54 bits per heavy atom. The molecule has 0 spiro atoms. The number of ketones is 3. The highest BCUT2D eigenvalue weighted by atomic mass is 16.6. The first-order chi connectivity index (χ1) is 33.5. The fourth-order valence-corrected chi connectivity index (χ4v) is 11.5. The maximum Gasteiger partial charge on any atom is 0.347 e. The van der Waals surface area contributed by atoms with Gasteiger partial charge in [-0.25, -0.2) is 28.3 Å². The van der Waals surface area contributed by atoms with Crippen LogP contribution in [0.15, 0.2) is 56.7 Å². The van der Waals surface area contributed by atoms with Crippen molar-refractivity contribution in [2.75, 3.05) is 20.8 Å². The second-order valence-corrected chi connectivity index (χ2v) is 21.3. The number of amides is 1. The number of fused-ring (bicyclic) bond motifs is 3. The van der Waals surface area contributed by atoms with Gasteiger partial charge in [0.05, 0.1) is 30.4 Å². The smallest absolute Gasteiger partial charge is 0.347 e. The Labute approximate surface area is 416 Å². The lowest BCUT2D eigenvalue weighted by atomic mass is 9.78. The highest BCUT2D eigenvalue weighted by Crippen LogP contribution is 2.39. The van der Waals surface area contributed by atoms with E-state index in [-0.39, 0.29) is 68.2 Å². The maximum atomic E-state index is 14.5. The predicted molar refractivity (Wildman–Crippen MR) is 262 cm³/mol. The van der Waals surface area contributed by atoms with Crippen LogP contribution in [-0.2, 0) is 50.0 Å². The summed E-state index contributed by atoms with van der Waals surface area (Å²) in [5.41, 5.74) is 0.498. The number of Topliss-reactive ketones (excluding diaryl/α,β-unsaturated/α-hetero) is 3. The lowest BCUT2D eigenvalue weighted by Crippen LogP contribution is -2.61. The minimum atomic E-state index is -2.60. The number of esters is 1. The van der Waals surface area contributed by atoms with Gasteiger partial charge in [-0.2, -0.15) is 0 Å². The van der Waals surface area contributed by atoms with Crippen LogP contribution in [0.5, 0.6) is 0 Å². The second kappa shape index (κ2) is 23.5. The zero-order valence-electron chi connectivity index (χ0n) is 43.3. The Hall–Kier alpha value is -4.59. The molecule has 18 nitrogen and oxygen atoms in total. The molecule has 1 aliphatic carbocycles. The molecule has 1 amide bonds. The highest BCUT2D eigenvalue weighted by molar-refractivity contribution is 6.39. The van der Waals surface area contributed by atoms with Crippen molar-refractivity contribution in [3.8, 4) is 0 Å². The Kier molecular flexibility index (Phi) is 18.5. The molecule has 2 unspecified atom stereocenters. The molecule has 4 bridgehead atoms. The topological polar surface area (TPSA) is 235 Å². The number of carbonyl (C=O) groups is 5. The SMILES string of the molecule is CO[C@@H]1C[C@H](C[C@@H](C)[C@@H]2CC(=O)[C@H](C)/C=C(\C)[C@@H](O)[C@@H](OC)C(=O)[C@H](C)C/C(C)=C/C3/C=C\C=C(\C)C(C[C@@H]4CC[C@@H](C)[C@@](O)(O4)C(=O)C(=O)N4CCCC[C@H]4C(=O)O2)n2c(=O)n(C)c(=O)n23)CC[C@H]1O. The summed E-state index contributed by atoms with van der Waals surface area (Å²) in [5.74, 6) is -9.04. The predicted octanol–water partition coefficient (Wildman–Crippen LogP) is 4.38. The molecule has 1 aromatic heterocycles. The van der Waals surface area contributed by atoms with Gasteiger partial charge in [-0.05, 0) is 108 Å². The van der Waals surface area contributed by atoms with Gasteiger partial charge in [0.25, 0.3) is 11.7 Å². The molecule has 6 rings (SSSR count). The number of hydrogen-bond donors (Lipinski definition) is 3. The number of allylic oxidation sites excluding steroid dienone is 7. The molecule has 15 atom stereocenters. The van der Waals surface area contributed by atoms with Crippen LogP contribution in [0.25, 0.3) is 0 Å². The molecule has 5 heterocycles. The van der Waals surface area contributed by atoms with Crippen LogP contribution in [0.4, 0.5) is 0 Å². The van der Waals surface area contributed by atoms with E-state index in [2.05, 4.69) is 0 Å². The van der Waals surface area contributed by atoms with Crippen molar-refractivity contribution in [3.63, 3.8) is 0 Å². The molecule has 4 aliphatic heterocycles. The van der Waals surface area contributed by atoms with E-state index in [0.717, 1.165) is 9.47 Å². The quantitative estimate of drug-likeness (QED) is 0.211. The number of carbonyl (C=O) groups excluding carboxylic acids is 5. The van der Waals surface area contributed by atoms with Crippen LogP contribution >= 0.6 is 0 Å². The first-order valence-electron chi connectivity index (χ1n) is 25.6. The van der Waals surface area contributed by atoms with Crippen molar-refractivity contribution in [1.82, 2.24) is 18.8 Å². The molecular formula is C53H78N4O14. The zero-order valence-corrected chi connectivity index (χ0v) is 43.3.